The van der Waals surface area contributed by atoms with Gasteiger partial charge in [-0.2, -0.15) is 0 Å². The van der Waals surface area contributed by atoms with Crippen LogP contribution in [-0.4, -0.2) is 28.8 Å². The molecule has 0 radical (unpaired) electrons. The van der Waals surface area contributed by atoms with Gasteiger partial charge in [-0.15, -0.1) is 0 Å². The predicted molar refractivity (Wildman–Crippen MR) is 100 cm³/mol. The maximum absolute atomic E-state index is 13.3. The predicted octanol–water partition coefficient (Wildman–Crippen LogP) is 3.11. The van der Waals surface area contributed by atoms with Crippen LogP contribution >= 0.6 is 23.4 Å². The van der Waals surface area contributed by atoms with E-state index in [0.29, 0.717) is 0 Å². The van der Waals surface area contributed by atoms with Crippen molar-refractivity contribution in [2.24, 2.45) is 5.73 Å². The number of nitrogens with two attached hydrogens (primary N) is 1. The molecule has 7 nitrogen and oxygen atoms in total. The van der Waals surface area contributed by atoms with Crippen molar-refractivity contribution in [3.63, 3.8) is 0 Å². The number of hydrogen-bond donors (Lipinski definition) is 1. The van der Waals surface area contributed by atoms with Gasteiger partial charge in [0.2, 0.25) is 0 Å². The molecular weight excluding hydrogens is 412 g/mol. The number of nitrogens with zero attached hydrogens (tertiary/aromatic N) is 2. The van der Waals surface area contributed by atoms with E-state index in [4.69, 9.17) is 38.6 Å². The molecule has 10 heteroatoms. The molecule has 0 saturated carbocycles. The third-order valence-corrected chi connectivity index (χ3v) is 4.92. The minimum absolute atomic E-state index is 0.160. The second-order valence-corrected chi connectivity index (χ2v) is 6.43. The first-order valence-electron chi connectivity index (χ1n) is 7.86. The summed E-state index contributed by atoms with van der Waals surface area (Å²) in [6, 6.07) is 12.9. The Morgan fingerprint density at radius 3 is 2.25 bits per heavy atom. The Kier molecular flexibility index (Phi) is 5.46. The number of ether oxygens (including phenoxy) is 2. The summed E-state index contributed by atoms with van der Waals surface area (Å²) in [5, 5.41) is -1.95. The van der Waals surface area contributed by atoms with Crippen molar-refractivity contribution < 1.29 is 23.5 Å². The number of carbonyl (C=O) groups excluding carboxylic acids is 2. The van der Waals surface area contributed by atoms with Gasteiger partial charge in [-0.1, -0.05) is 18.2 Å². The van der Waals surface area contributed by atoms with Crippen LogP contribution in [0.5, 0.6) is 0 Å². The molecule has 146 valence electrons. The van der Waals surface area contributed by atoms with Crippen LogP contribution in [0, 0.1) is 5.82 Å². The van der Waals surface area contributed by atoms with Crippen molar-refractivity contribution in [1.29, 1.82) is 0 Å². The third-order valence-electron chi connectivity index (χ3n) is 3.93. The minimum atomic E-state index is -1.95. The largest absolute Gasteiger partial charge is 0.384 e. The van der Waals surface area contributed by atoms with E-state index in [-0.39, 0.29) is 22.8 Å². The zero-order chi connectivity index (χ0) is 20.5. The highest BCUT2D eigenvalue weighted by molar-refractivity contribution is 6.30. The van der Waals surface area contributed by atoms with E-state index in [1.165, 1.54) is 31.4 Å². The molecule has 28 heavy (non-hydrogen) atoms. The normalized spacial score (nSPS) is 19.1. The Hall–Kier alpha value is -2.81. The van der Waals surface area contributed by atoms with Gasteiger partial charge >= 0.3 is 17.2 Å². The van der Waals surface area contributed by atoms with Crippen molar-refractivity contribution in [1.82, 2.24) is 4.42 Å². The fourth-order valence-electron chi connectivity index (χ4n) is 2.59. The number of methoxy groups -OCH3 is 1. The number of hydrogen-bond acceptors (Lipinski definition) is 7. The molecule has 2 N–H and O–H groups in total. The van der Waals surface area contributed by atoms with Gasteiger partial charge in [0.05, 0.1) is 5.56 Å². The summed E-state index contributed by atoms with van der Waals surface area (Å²) in [7, 11) is 1.23. The van der Waals surface area contributed by atoms with Crippen LogP contribution < -0.4 is 10.6 Å². The summed E-state index contributed by atoms with van der Waals surface area (Å²) in [4.78, 5) is 26.1. The molecule has 0 bridgehead atoms. The van der Waals surface area contributed by atoms with Crippen LogP contribution in [0.15, 0.2) is 66.1 Å². The number of anilines is 1. The highest BCUT2D eigenvalue weighted by Gasteiger charge is 2.54. The zero-order valence-corrected chi connectivity index (χ0v) is 15.9. The van der Waals surface area contributed by atoms with Crippen LogP contribution in [0.1, 0.15) is 10.4 Å². The van der Waals surface area contributed by atoms with Crippen molar-refractivity contribution in [2.75, 3.05) is 12.0 Å². The Bertz CT molecular complexity index is 940. The molecule has 0 fully saturated rings. The lowest BCUT2D eigenvalue weighted by atomic mass is 10.2. The fraction of sp³-hybridized carbons (Fsp3) is 0.111. The molecule has 0 saturated heterocycles. The number of esters is 2. The Morgan fingerprint density at radius 2 is 1.68 bits per heavy atom. The van der Waals surface area contributed by atoms with E-state index < -0.39 is 23.1 Å². The number of alkyl halides is 1. The molecule has 0 spiro atoms. The van der Waals surface area contributed by atoms with Crippen LogP contribution in [0.4, 0.5) is 10.1 Å². The van der Waals surface area contributed by atoms with E-state index in [9.17, 15) is 14.0 Å². The minimum Gasteiger partial charge on any atom is -0.384 e. The lowest BCUT2D eigenvalue weighted by Gasteiger charge is -2.35. The molecule has 1 aliphatic rings. The van der Waals surface area contributed by atoms with Gasteiger partial charge in [0.25, 0.3) is 0 Å². The van der Waals surface area contributed by atoms with E-state index >= 15 is 0 Å². The first-order chi connectivity index (χ1) is 13.3. The van der Waals surface area contributed by atoms with Crippen LogP contribution in [0.2, 0.25) is 0 Å². The fourth-order valence-corrected chi connectivity index (χ4v) is 3.09. The van der Waals surface area contributed by atoms with Crippen molar-refractivity contribution >= 4 is 41.0 Å². The highest BCUT2D eigenvalue weighted by atomic mass is 35.5. The Morgan fingerprint density at radius 1 is 1.07 bits per heavy atom. The van der Waals surface area contributed by atoms with E-state index in [1.807, 2.05) is 0 Å². The first-order valence-corrected chi connectivity index (χ1v) is 8.58. The molecule has 1 atom stereocenters. The summed E-state index contributed by atoms with van der Waals surface area (Å²) in [6.45, 7) is 0. The van der Waals surface area contributed by atoms with Gasteiger partial charge in [0.1, 0.15) is 5.82 Å². The smallest absolute Gasteiger partial charge is 0.366 e. The number of benzene rings is 2. The molecule has 0 aromatic heterocycles. The molecule has 3 rings (SSSR count). The quantitative estimate of drug-likeness (QED) is 0.264. The van der Waals surface area contributed by atoms with Gasteiger partial charge in [-0.05, 0) is 48.0 Å². The van der Waals surface area contributed by atoms with Crippen molar-refractivity contribution in [2.45, 2.75) is 5.31 Å². The first kappa shape index (κ1) is 19.9. The lowest BCUT2D eigenvalue weighted by molar-refractivity contribution is -0.134. The van der Waals surface area contributed by atoms with Gasteiger partial charge in [0.15, 0.2) is 11.5 Å². The molecule has 0 aliphatic carbocycles. The van der Waals surface area contributed by atoms with Gasteiger partial charge in [-0.25, -0.2) is 18.4 Å². The van der Waals surface area contributed by atoms with Crippen LogP contribution in [0.3, 0.4) is 0 Å². The molecule has 1 aliphatic heterocycles. The summed E-state index contributed by atoms with van der Waals surface area (Å²) in [5.74, 6) is -2.83. The molecule has 2 aromatic rings. The van der Waals surface area contributed by atoms with Crippen molar-refractivity contribution in [3.8, 4) is 0 Å². The molecule has 1 unspecified atom stereocenters. The number of rotatable bonds is 4. The SMILES string of the molecule is COC1(Cl)N(Cl)C(N)=C(C(=O)OC(=O)c2ccccc2)N1c1ccc(F)cc1. The standard InChI is InChI=1S/C18H14Cl2FN3O4/c1-27-18(19)23(13-9-7-12(21)8-10-13)14(15(22)24(18)20)17(26)28-16(25)11-5-3-2-4-6-11/h2-10H,22H2,1H3. The maximum Gasteiger partial charge on any atom is 0.366 e. The van der Waals surface area contributed by atoms with Gasteiger partial charge in [-0.3, -0.25) is 4.90 Å². The summed E-state index contributed by atoms with van der Waals surface area (Å²) in [6.07, 6.45) is 0. The van der Waals surface area contributed by atoms with Crippen molar-refractivity contribution in [3.05, 3.63) is 77.5 Å². The third kappa shape index (κ3) is 3.37. The van der Waals surface area contributed by atoms with E-state index in [2.05, 4.69) is 0 Å². The topological polar surface area (TPSA) is 85.1 Å². The molecular formula is C18H14Cl2FN3O4. The average molecular weight is 426 g/mol. The second-order valence-electron chi connectivity index (χ2n) is 5.60. The van der Waals surface area contributed by atoms with E-state index in [0.717, 1.165) is 21.5 Å². The molecule has 0 amide bonds. The number of halogens is 3. The summed E-state index contributed by atoms with van der Waals surface area (Å²) < 4.78 is 24.2. The second kappa shape index (κ2) is 7.67. The highest BCUT2D eigenvalue weighted by Crippen LogP contribution is 2.44. The van der Waals surface area contributed by atoms with Gasteiger partial charge in [0, 0.05) is 24.6 Å². The molecule has 1 heterocycles. The molecule has 2 aromatic carbocycles. The number of carbonyl (C=O) groups is 2. The summed E-state index contributed by atoms with van der Waals surface area (Å²) in [5.41, 5.74) is 5.97. The zero-order valence-electron chi connectivity index (χ0n) is 14.4. The Balaban J connectivity index is 1.99. The van der Waals surface area contributed by atoms with Crippen LogP contribution in [0.25, 0.3) is 0 Å². The summed E-state index contributed by atoms with van der Waals surface area (Å²) >= 11 is 12.5. The van der Waals surface area contributed by atoms with E-state index in [1.54, 1.807) is 18.2 Å². The monoisotopic (exact) mass is 425 g/mol. The average Bonchev–Trinajstić information content (AvgIpc) is 2.91. The van der Waals surface area contributed by atoms with Gasteiger partial charge < -0.3 is 15.2 Å². The Labute approximate surface area is 169 Å². The lowest BCUT2D eigenvalue weighted by Crippen LogP contribution is -2.49. The maximum atomic E-state index is 13.3. The van der Waals surface area contributed by atoms with Crippen LogP contribution in [-0.2, 0) is 14.3 Å².